The van der Waals surface area contributed by atoms with Gasteiger partial charge < -0.3 is 4.42 Å². The summed E-state index contributed by atoms with van der Waals surface area (Å²) in [6.07, 6.45) is 1.85. The molecule has 0 bridgehead atoms. The average Bonchev–Trinajstić information content (AvgIpc) is 3.39. The molecule has 33 heavy (non-hydrogen) atoms. The van der Waals surface area contributed by atoms with E-state index in [1.807, 2.05) is 72.8 Å². The van der Waals surface area contributed by atoms with Crippen LogP contribution in [0.25, 0.3) is 17.4 Å². The largest absolute Gasteiger partial charge is 0.458 e. The Hall–Kier alpha value is -3.29. The molecule has 0 radical (unpaired) electrons. The predicted octanol–water partition coefficient (Wildman–Crippen LogP) is 4.85. The quantitative estimate of drug-likeness (QED) is 0.388. The molecule has 7 heteroatoms. The number of ketones is 1. The van der Waals surface area contributed by atoms with E-state index < -0.39 is 6.04 Å². The second-order valence-electron chi connectivity index (χ2n) is 7.76. The zero-order chi connectivity index (χ0) is 23.1. The van der Waals surface area contributed by atoms with Gasteiger partial charge in [0, 0.05) is 21.3 Å². The van der Waals surface area contributed by atoms with Gasteiger partial charge in [-0.15, -0.1) is 0 Å². The highest BCUT2D eigenvalue weighted by Gasteiger charge is 2.33. The van der Waals surface area contributed by atoms with Gasteiger partial charge in [0.05, 0.1) is 4.53 Å². The van der Waals surface area contributed by atoms with Crippen molar-refractivity contribution >= 4 is 39.1 Å². The van der Waals surface area contributed by atoms with Gasteiger partial charge >= 0.3 is 0 Å². The van der Waals surface area contributed by atoms with Crippen LogP contribution in [0.5, 0.6) is 0 Å². The van der Waals surface area contributed by atoms with Gasteiger partial charge in [-0.25, -0.2) is 4.99 Å². The van der Waals surface area contributed by atoms with Crippen LogP contribution in [0.15, 0.2) is 96.7 Å². The average molecular weight is 519 g/mol. The number of allylic oxidation sites excluding steroid dienone is 2. The number of halogens is 1. The number of fused-ring (bicyclic) bond motifs is 1. The van der Waals surface area contributed by atoms with E-state index in [1.165, 1.54) is 18.3 Å². The fraction of sp³-hybridized carbons (Fsp3) is 0.115. The summed E-state index contributed by atoms with van der Waals surface area (Å²) in [4.78, 5) is 31.3. The number of carbonyl (C=O) groups excluding carboxylic acids is 1. The molecule has 0 unspecified atom stereocenters. The van der Waals surface area contributed by atoms with Gasteiger partial charge in [0.2, 0.25) is 0 Å². The van der Waals surface area contributed by atoms with E-state index in [0.717, 1.165) is 15.6 Å². The molecule has 2 aromatic heterocycles. The Morgan fingerprint density at radius 3 is 2.52 bits per heavy atom. The standard InChI is InChI=1S/C26H19BrN2O3S/c1-15-23(16(2)30)24(21-13-12-20(32-21)18-8-10-19(27)11-9-18)29-25(31)22(33-26(29)28-15)14-17-6-4-3-5-7-17/h3-14,24H,1-2H3/b22-14+/t24-/m1/s1. The van der Waals surface area contributed by atoms with Crippen molar-refractivity contribution in [2.24, 2.45) is 4.99 Å². The van der Waals surface area contributed by atoms with Crippen molar-refractivity contribution in [3.8, 4) is 11.3 Å². The predicted molar refractivity (Wildman–Crippen MR) is 133 cm³/mol. The lowest BCUT2D eigenvalue weighted by molar-refractivity contribution is -0.114. The second kappa shape index (κ2) is 8.57. The van der Waals surface area contributed by atoms with E-state index in [1.54, 1.807) is 11.5 Å². The van der Waals surface area contributed by atoms with E-state index in [9.17, 15) is 9.59 Å². The lowest BCUT2D eigenvalue weighted by Crippen LogP contribution is -2.39. The van der Waals surface area contributed by atoms with Crippen molar-refractivity contribution in [2.75, 3.05) is 0 Å². The minimum atomic E-state index is -0.666. The fourth-order valence-corrected chi connectivity index (χ4v) is 5.32. The number of Topliss-reactive ketones (excluding diaryl/α,β-unsaturated/α-hetero) is 1. The third-order valence-electron chi connectivity index (χ3n) is 5.52. The lowest BCUT2D eigenvalue weighted by Gasteiger charge is -2.22. The summed E-state index contributed by atoms with van der Waals surface area (Å²) in [5.41, 5.74) is 2.70. The third kappa shape index (κ3) is 3.98. The Bertz CT molecular complexity index is 1570. The van der Waals surface area contributed by atoms with Gasteiger partial charge in [-0.1, -0.05) is 69.7 Å². The molecule has 0 fully saturated rings. The van der Waals surface area contributed by atoms with Crippen molar-refractivity contribution in [3.63, 3.8) is 0 Å². The van der Waals surface area contributed by atoms with Crippen LogP contribution in [0.1, 0.15) is 31.2 Å². The summed E-state index contributed by atoms with van der Waals surface area (Å²) in [7, 11) is 0. The third-order valence-corrected chi connectivity index (χ3v) is 7.03. The van der Waals surface area contributed by atoms with E-state index in [2.05, 4.69) is 20.9 Å². The smallest absolute Gasteiger partial charge is 0.271 e. The number of benzene rings is 2. The molecule has 4 aromatic rings. The Morgan fingerprint density at radius 2 is 1.82 bits per heavy atom. The molecule has 0 aliphatic carbocycles. The molecule has 1 aliphatic heterocycles. The first-order valence-corrected chi connectivity index (χ1v) is 12.0. The van der Waals surface area contributed by atoms with Crippen molar-refractivity contribution in [1.29, 1.82) is 0 Å². The van der Waals surface area contributed by atoms with Crippen molar-refractivity contribution < 1.29 is 9.21 Å². The van der Waals surface area contributed by atoms with Gasteiger partial charge in [-0.2, -0.15) is 0 Å². The van der Waals surface area contributed by atoms with Crippen LogP contribution in [0.4, 0.5) is 0 Å². The summed E-state index contributed by atoms with van der Waals surface area (Å²) in [5.74, 6) is 1.06. The summed E-state index contributed by atoms with van der Waals surface area (Å²) >= 11 is 4.76. The maximum atomic E-state index is 13.5. The van der Waals surface area contributed by atoms with Gasteiger partial charge in [-0.05, 0) is 49.8 Å². The van der Waals surface area contributed by atoms with E-state index in [-0.39, 0.29) is 11.3 Å². The summed E-state index contributed by atoms with van der Waals surface area (Å²) in [6.45, 7) is 3.30. The number of rotatable bonds is 4. The van der Waals surface area contributed by atoms with E-state index in [4.69, 9.17) is 4.42 Å². The molecule has 0 saturated heterocycles. The van der Waals surface area contributed by atoms with E-state index in [0.29, 0.717) is 32.1 Å². The molecule has 5 nitrogen and oxygen atoms in total. The van der Waals surface area contributed by atoms with Crippen molar-refractivity contribution in [2.45, 2.75) is 19.9 Å². The van der Waals surface area contributed by atoms with Gasteiger partial charge in [0.15, 0.2) is 10.6 Å². The molecule has 0 N–H and O–H groups in total. The molecular formula is C26H19BrN2O3S. The molecule has 0 amide bonds. The van der Waals surface area contributed by atoms with Crippen LogP contribution in [0, 0.1) is 0 Å². The van der Waals surface area contributed by atoms with Crippen LogP contribution < -0.4 is 14.9 Å². The summed E-state index contributed by atoms with van der Waals surface area (Å²) in [6, 6.07) is 20.5. The van der Waals surface area contributed by atoms with Gasteiger partial charge in [0.25, 0.3) is 5.56 Å². The maximum absolute atomic E-state index is 13.5. The minimum Gasteiger partial charge on any atom is -0.458 e. The molecule has 1 atom stereocenters. The number of thiazole rings is 1. The van der Waals surface area contributed by atoms with Crippen molar-refractivity contribution in [1.82, 2.24) is 4.57 Å². The Balaban J connectivity index is 1.69. The fourth-order valence-electron chi connectivity index (χ4n) is 4.01. The van der Waals surface area contributed by atoms with Crippen molar-refractivity contribution in [3.05, 3.63) is 113 Å². The molecule has 5 rings (SSSR count). The first-order valence-electron chi connectivity index (χ1n) is 10.4. The zero-order valence-corrected chi connectivity index (χ0v) is 20.3. The highest BCUT2D eigenvalue weighted by Crippen LogP contribution is 2.34. The molecule has 3 heterocycles. The zero-order valence-electron chi connectivity index (χ0n) is 17.9. The van der Waals surface area contributed by atoms with E-state index >= 15 is 0 Å². The number of furan rings is 1. The number of aromatic nitrogens is 1. The molecular weight excluding hydrogens is 500 g/mol. The number of hydrogen-bond acceptors (Lipinski definition) is 5. The first kappa shape index (κ1) is 21.6. The lowest BCUT2D eigenvalue weighted by atomic mass is 9.98. The van der Waals surface area contributed by atoms with Crippen LogP contribution in [0.3, 0.4) is 0 Å². The van der Waals surface area contributed by atoms with Crippen LogP contribution in [-0.2, 0) is 4.79 Å². The Kier molecular flexibility index (Phi) is 5.60. The first-order chi connectivity index (χ1) is 15.9. The van der Waals surface area contributed by atoms with Crippen LogP contribution in [-0.4, -0.2) is 10.4 Å². The van der Waals surface area contributed by atoms with Gasteiger partial charge in [0.1, 0.15) is 17.6 Å². The SMILES string of the molecule is CC(=O)C1=C(C)N=c2s/c(=C/c3ccccc3)c(=O)n2[C@@H]1c1ccc(-c2ccc(Br)cc2)o1. The summed E-state index contributed by atoms with van der Waals surface area (Å²) < 4.78 is 9.32. The number of hydrogen-bond donors (Lipinski definition) is 0. The maximum Gasteiger partial charge on any atom is 0.271 e. The summed E-state index contributed by atoms with van der Waals surface area (Å²) in [5, 5.41) is 0. The molecule has 0 spiro atoms. The van der Waals surface area contributed by atoms with Crippen LogP contribution >= 0.6 is 27.3 Å². The highest BCUT2D eigenvalue weighted by molar-refractivity contribution is 9.10. The monoisotopic (exact) mass is 518 g/mol. The molecule has 1 aliphatic rings. The number of carbonyl (C=O) groups is 1. The molecule has 164 valence electrons. The molecule has 0 saturated carbocycles. The highest BCUT2D eigenvalue weighted by atomic mass is 79.9. The van der Waals surface area contributed by atoms with Gasteiger partial charge in [-0.3, -0.25) is 14.2 Å². The minimum absolute atomic E-state index is 0.139. The topological polar surface area (TPSA) is 64.6 Å². The Labute approximate surface area is 202 Å². The van der Waals surface area contributed by atoms with Crippen LogP contribution in [0.2, 0.25) is 0 Å². The normalized spacial score (nSPS) is 16.0. The Morgan fingerprint density at radius 1 is 1.09 bits per heavy atom. The molecule has 2 aromatic carbocycles. The second-order valence-corrected chi connectivity index (χ2v) is 9.68. The number of nitrogens with zero attached hydrogens (tertiary/aromatic N) is 2.